The summed E-state index contributed by atoms with van der Waals surface area (Å²) in [6, 6.07) is 10.8. The van der Waals surface area contributed by atoms with E-state index in [1.165, 1.54) is 12.2 Å². The topological polar surface area (TPSA) is 142 Å². The Morgan fingerprint density at radius 1 is 1.02 bits per heavy atom. The van der Waals surface area contributed by atoms with E-state index in [1.807, 2.05) is 45.0 Å². The van der Waals surface area contributed by atoms with Gasteiger partial charge in [-0.25, -0.2) is 17.2 Å². The Balaban J connectivity index is 2.11. The molecule has 0 aromatic heterocycles. The van der Waals surface area contributed by atoms with Crippen molar-refractivity contribution in [2.24, 2.45) is 17.1 Å². The Bertz CT molecular complexity index is 1540. The minimum atomic E-state index is -3.87. The molecule has 252 valence electrons. The van der Waals surface area contributed by atoms with E-state index >= 15 is 0 Å². The number of hydrogen-bond acceptors (Lipinski definition) is 6. The van der Waals surface area contributed by atoms with Crippen molar-refractivity contribution in [3.63, 3.8) is 0 Å². The summed E-state index contributed by atoms with van der Waals surface area (Å²) < 4.78 is 55.7. The van der Waals surface area contributed by atoms with Gasteiger partial charge in [-0.05, 0) is 73.1 Å². The Labute approximate surface area is 271 Å². The van der Waals surface area contributed by atoms with Crippen LogP contribution in [0.5, 0.6) is 0 Å². The van der Waals surface area contributed by atoms with Gasteiger partial charge >= 0.3 is 0 Å². The number of rotatable bonds is 17. The zero-order valence-electron chi connectivity index (χ0n) is 27.0. The molecule has 0 radical (unpaired) electrons. The number of aryl methyl sites for hydroxylation is 1. The summed E-state index contributed by atoms with van der Waals surface area (Å²) in [7, 11) is -3.87. The molecule has 2 aromatic carbocycles. The van der Waals surface area contributed by atoms with Crippen LogP contribution in [-0.4, -0.2) is 62.2 Å². The van der Waals surface area contributed by atoms with Crippen molar-refractivity contribution in [3.8, 4) is 0 Å². The van der Waals surface area contributed by atoms with Crippen LogP contribution in [0, 0.1) is 23.0 Å². The first-order valence-electron chi connectivity index (χ1n) is 15.6. The SMILES string of the molecule is CCCN(CCC)C(=O)C1=CC(NS(C)(=O)=O)=CC(C(N)=O)([C@H](Cc2cc(F)cc(F)c2)[C@@H](O)CNCc2cccc(CC)c2)C1. The van der Waals surface area contributed by atoms with Gasteiger partial charge in [-0.1, -0.05) is 45.0 Å². The number of sulfonamides is 1. The number of benzene rings is 2. The van der Waals surface area contributed by atoms with Crippen molar-refractivity contribution < 1.29 is 31.9 Å². The summed E-state index contributed by atoms with van der Waals surface area (Å²) >= 11 is 0. The second-order valence-electron chi connectivity index (χ2n) is 12.0. The van der Waals surface area contributed by atoms with E-state index < -0.39 is 50.9 Å². The first-order valence-corrected chi connectivity index (χ1v) is 17.5. The fourth-order valence-corrected chi connectivity index (χ4v) is 6.63. The molecule has 5 N–H and O–H groups in total. The van der Waals surface area contributed by atoms with Gasteiger partial charge < -0.3 is 21.1 Å². The Kier molecular flexibility index (Phi) is 13.0. The van der Waals surface area contributed by atoms with E-state index in [4.69, 9.17) is 5.73 Å². The highest BCUT2D eigenvalue weighted by Crippen LogP contribution is 2.44. The number of carbonyl (C=O) groups is 2. The van der Waals surface area contributed by atoms with E-state index in [0.29, 0.717) is 32.5 Å². The number of hydrogen-bond donors (Lipinski definition) is 4. The van der Waals surface area contributed by atoms with Crippen LogP contribution in [0.4, 0.5) is 8.78 Å². The number of allylic oxidation sites excluding steroid dienone is 1. The van der Waals surface area contributed by atoms with E-state index in [2.05, 4.69) is 10.0 Å². The van der Waals surface area contributed by atoms with Crippen molar-refractivity contribution in [1.82, 2.24) is 14.9 Å². The van der Waals surface area contributed by atoms with Gasteiger partial charge in [0.15, 0.2) is 0 Å². The number of primary amides is 1. The lowest BCUT2D eigenvalue weighted by Crippen LogP contribution is -2.52. The molecule has 3 rings (SSSR count). The number of aliphatic hydroxyl groups excluding tert-OH is 1. The lowest BCUT2D eigenvalue weighted by molar-refractivity contribution is -0.132. The quantitative estimate of drug-likeness (QED) is 0.204. The maximum atomic E-state index is 14.3. The van der Waals surface area contributed by atoms with Crippen LogP contribution in [-0.2, 0) is 39.0 Å². The van der Waals surface area contributed by atoms with Gasteiger partial charge in [0.05, 0.1) is 17.8 Å². The zero-order valence-corrected chi connectivity index (χ0v) is 27.8. The summed E-state index contributed by atoms with van der Waals surface area (Å²) in [6.45, 7) is 7.10. The standard InChI is InChI=1S/C34H46F2N4O5S/c1-5-11-40(12-6-2)32(42)26-17-29(39-46(4,44)45)20-34(19-26,33(37)43)30(16-25-14-27(35)18-28(36)15-25)31(41)22-38-21-24-10-8-9-23(7-3)13-24/h8-10,13-15,17-18,20,30-31,38-39,41H,5-7,11-12,16,19,21-22H2,1-4H3,(H2,37,43)/t30-,31+,34?/m1/s1. The molecule has 12 heteroatoms. The smallest absolute Gasteiger partial charge is 0.249 e. The van der Waals surface area contributed by atoms with Crippen molar-refractivity contribution >= 4 is 21.8 Å². The van der Waals surface area contributed by atoms with Crippen molar-refractivity contribution in [1.29, 1.82) is 0 Å². The van der Waals surface area contributed by atoms with Gasteiger partial charge in [0.1, 0.15) is 11.6 Å². The monoisotopic (exact) mass is 660 g/mol. The fraction of sp³-hybridized carbons (Fsp3) is 0.471. The highest BCUT2D eigenvalue weighted by molar-refractivity contribution is 7.88. The third kappa shape index (κ3) is 9.94. The van der Waals surface area contributed by atoms with E-state index in [-0.39, 0.29) is 36.2 Å². The molecule has 0 saturated heterocycles. The Morgan fingerprint density at radius 2 is 1.65 bits per heavy atom. The van der Waals surface area contributed by atoms with E-state index in [9.17, 15) is 31.9 Å². The highest BCUT2D eigenvalue weighted by Gasteiger charge is 2.49. The molecule has 1 aliphatic carbocycles. The van der Waals surface area contributed by atoms with Crippen LogP contribution < -0.4 is 15.8 Å². The number of carbonyl (C=O) groups excluding carboxylic acids is 2. The van der Waals surface area contributed by atoms with Crippen LogP contribution >= 0.6 is 0 Å². The average Bonchev–Trinajstić information content (AvgIpc) is 2.97. The third-order valence-corrected chi connectivity index (χ3v) is 8.73. The molecule has 0 aliphatic heterocycles. The van der Waals surface area contributed by atoms with Crippen LogP contribution in [0.3, 0.4) is 0 Å². The first-order chi connectivity index (χ1) is 21.7. The van der Waals surface area contributed by atoms with Gasteiger partial charge in [-0.3, -0.25) is 14.3 Å². The summed E-state index contributed by atoms with van der Waals surface area (Å²) in [5, 5.41) is 14.9. The first kappa shape index (κ1) is 36.9. The Hall–Kier alpha value is -3.61. The molecule has 3 atom stereocenters. The lowest BCUT2D eigenvalue weighted by atomic mass is 9.63. The van der Waals surface area contributed by atoms with Crippen molar-refractivity contribution in [2.45, 2.75) is 65.5 Å². The number of halogens is 2. The largest absolute Gasteiger partial charge is 0.391 e. The maximum Gasteiger partial charge on any atom is 0.249 e. The molecule has 0 fully saturated rings. The van der Waals surface area contributed by atoms with Gasteiger partial charge in [0, 0.05) is 49.4 Å². The molecule has 2 amide bonds. The highest BCUT2D eigenvalue weighted by atomic mass is 32.2. The van der Waals surface area contributed by atoms with Crippen LogP contribution in [0.1, 0.15) is 56.7 Å². The summed E-state index contributed by atoms with van der Waals surface area (Å²) in [5.41, 5.74) is 6.61. The second-order valence-corrected chi connectivity index (χ2v) is 13.7. The molecular formula is C34H46F2N4O5S. The van der Waals surface area contributed by atoms with Crippen LogP contribution in [0.15, 0.2) is 65.9 Å². The predicted octanol–water partition coefficient (Wildman–Crippen LogP) is 3.72. The number of nitrogens with zero attached hydrogens (tertiary/aromatic N) is 1. The molecule has 0 bridgehead atoms. The predicted molar refractivity (Wildman–Crippen MR) is 175 cm³/mol. The third-order valence-electron chi connectivity index (χ3n) is 8.12. The van der Waals surface area contributed by atoms with E-state index in [0.717, 1.165) is 42.0 Å². The van der Waals surface area contributed by atoms with Crippen LogP contribution in [0.2, 0.25) is 0 Å². The van der Waals surface area contributed by atoms with E-state index in [1.54, 1.807) is 4.90 Å². The normalized spacial score (nSPS) is 17.9. The number of aliphatic hydroxyl groups is 1. The molecular weight excluding hydrogens is 614 g/mol. The molecule has 46 heavy (non-hydrogen) atoms. The van der Waals surface area contributed by atoms with Gasteiger partial charge in [0.2, 0.25) is 21.8 Å². The summed E-state index contributed by atoms with van der Waals surface area (Å²) in [4.78, 5) is 29.1. The second kappa shape index (κ2) is 16.3. The van der Waals surface area contributed by atoms with Crippen LogP contribution in [0.25, 0.3) is 0 Å². The van der Waals surface area contributed by atoms with Crippen molar-refractivity contribution in [3.05, 3.63) is 94.2 Å². The minimum absolute atomic E-state index is 0.0404. The molecule has 0 heterocycles. The summed E-state index contributed by atoms with van der Waals surface area (Å²) in [6.07, 6.45) is 4.06. The minimum Gasteiger partial charge on any atom is -0.391 e. The number of amides is 2. The number of nitrogens with one attached hydrogen (secondary N) is 2. The van der Waals surface area contributed by atoms with Crippen molar-refractivity contribution in [2.75, 3.05) is 25.9 Å². The zero-order chi connectivity index (χ0) is 34.1. The number of nitrogens with two attached hydrogens (primary N) is 1. The fourth-order valence-electron chi connectivity index (χ4n) is 6.08. The Morgan fingerprint density at radius 3 is 2.22 bits per heavy atom. The molecule has 1 unspecified atom stereocenters. The van der Waals surface area contributed by atoms with Gasteiger partial charge in [-0.15, -0.1) is 0 Å². The summed E-state index contributed by atoms with van der Waals surface area (Å²) in [5.74, 6) is -4.12. The average molecular weight is 661 g/mol. The molecule has 1 aliphatic rings. The molecule has 0 saturated carbocycles. The maximum absolute atomic E-state index is 14.3. The molecule has 2 aromatic rings. The lowest BCUT2D eigenvalue weighted by Gasteiger charge is -2.42. The van der Waals surface area contributed by atoms with Gasteiger partial charge in [0.25, 0.3) is 0 Å². The van der Waals surface area contributed by atoms with Gasteiger partial charge in [-0.2, -0.15) is 0 Å². The molecule has 9 nitrogen and oxygen atoms in total. The molecule has 0 spiro atoms.